The third-order valence-electron chi connectivity index (χ3n) is 5.09. The van der Waals surface area contributed by atoms with Crippen LogP contribution in [-0.4, -0.2) is 22.2 Å². The van der Waals surface area contributed by atoms with Crippen LogP contribution in [0.4, 0.5) is 0 Å². The maximum atomic E-state index is 12.9. The molecule has 0 unspecified atom stereocenters. The van der Waals surface area contributed by atoms with Gasteiger partial charge in [-0.05, 0) is 44.2 Å². The lowest BCUT2D eigenvalue weighted by molar-refractivity contribution is -0.130. The third-order valence-corrected chi connectivity index (χ3v) is 5.09. The van der Waals surface area contributed by atoms with E-state index < -0.39 is 0 Å². The molecule has 1 aliphatic carbocycles. The Labute approximate surface area is 144 Å². The van der Waals surface area contributed by atoms with Crippen LogP contribution < -0.4 is 5.32 Å². The molecule has 1 amide bonds. The molecule has 1 heterocycles. The molecule has 0 aliphatic heterocycles. The smallest absolute Gasteiger partial charge is 0.230 e. The summed E-state index contributed by atoms with van der Waals surface area (Å²) in [5, 5.41) is 7.43. The van der Waals surface area contributed by atoms with Crippen LogP contribution in [-0.2, 0) is 16.8 Å². The molecule has 0 spiro atoms. The van der Waals surface area contributed by atoms with E-state index >= 15 is 0 Å². The molecule has 1 aliphatic rings. The first-order valence-corrected chi connectivity index (χ1v) is 8.84. The van der Waals surface area contributed by atoms with Crippen LogP contribution in [0, 0.1) is 19.8 Å². The fraction of sp³-hybridized carbons (Fsp3) is 0.500. The van der Waals surface area contributed by atoms with Gasteiger partial charge in [0.2, 0.25) is 5.91 Å². The van der Waals surface area contributed by atoms with Gasteiger partial charge in [0.05, 0.1) is 5.41 Å². The van der Waals surface area contributed by atoms with E-state index in [0.29, 0.717) is 12.5 Å². The molecule has 1 aromatic carbocycles. The van der Waals surface area contributed by atoms with Crippen LogP contribution in [0.15, 0.2) is 36.7 Å². The molecule has 24 heavy (non-hydrogen) atoms. The number of aryl methyl sites for hydroxylation is 2. The van der Waals surface area contributed by atoms with Gasteiger partial charge in [0.15, 0.2) is 0 Å². The first kappa shape index (κ1) is 16.7. The molecule has 128 valence electrons. The van der Waals surface area contributed by atoms with Gasteiger partial charge >= 0.3 is 0 Å². The van der Waals surface area contributed by atoms with Crippen molar-refractivity contribution in [2.24, 2.45) is 5.92 Å². The van der Waals surface area contributed by atoms with Crippen molar-refractivity contribution in [1.29, 1.82) is 0 Å². The van der Waals surface area contributed by atoms with E-state index in [-0.39, 0.29) is 11.3 Å². The summed E-state index contributed by atoms with van der Waals surface area (Å²) in [6.45, 7) is 7.86. The van der Waals surface area contributed by atoms with Gasteiger partial charge in [-0.15, -0.1) is 0 Å². The summed E-state index contributed by atoms with van der Waals surface area (Å²) in [5.41, 5.74) is 3.33. The fourth-order valence-electron chi connectivity index (χ4n) is 3.66. The molecular weight excluding hydrogens is 298 g/mol. The van der Waals surface area contributed by atoms with Crippen molar-refractivity contribution < 1.29 is 4.79 Å². The predicted molar refractivity (Wildman–Crippen MR) is 95.8 cm³/mol. The zero-order chi connectivity index (χ0) is 17.2. The topological polar surface area (TPSA) is 46.9 Å². The summed E-state index contributed by atoms with van der Waals surface area (Å²) < 4.78 is 1.92. The standard InChI is InChI=1S/C20H27N3O/c1-15-10-16(2)12-18(11-15)20(6-4-7-20)19(24)21-13-17(3)14-23-9-5-8-22-23/h5,8-12,17H,4,6-7,13-14H2,1-3H3,(H,21,24)/t17-/m0/s1. The van der Waals surface area contributed by atoms with Gasteiger partial charge in [-0.1, -0.05) is 42.7 Å². The molecule has 0 radical (unpaired) electrons. The Balaban J connectivity index is 1.65. The molecule has 1 aromatic heterocycles. The summed E-state index contributed by atoms with van der Waals surface area (Å²) >= 11 is 0. The number of hydrogen-bond acceptors (Lipinski definition) is 2. The van der Waals surface area contributed by atoms with Crippen molar-refractivity contribution in [1.82, 2.24) is 15.1 Å². The van der Waals surface area contributed by atoms with Crippen molar-refractivity contribution >= 4 is 5.91 Å². The Bertz CT molecular complexity index is 681. The summed E-state index contributed by atoms with van der Waals surface area (Å²) in [7, 11) is 0. The number of rotatable bonds is 6. The van der Waals surface area contributed by atoms with Crippen molar-refractivity contribution in [3.05, 3.63) is 53.3 Å². The normalized spacial score (nSPS) is 17.1. The second-order valence-corrected chi connectivity index (χ2v) is 7.36. The highest BCUT2D eigenvalue weighted by atomic mass is 16.2. The lowest BCUT2D eigenvalue weighted by atomic mass is 9.63. The van der Waals surface area contributed by atoms with E-state index in [4.69, 9.17) is 0 Å². The van der Waals surface area contributed by atoms with E-state index in [9.17, 15) is 4.79 Å². The molecule has 1 fully saturated rings. The maximum absolute atomic E-state index is 12.9. The van der Waals surface area contributed by atoms with Gasteiger partial charge in [-0.25, -0.2) is 0 Å². The number of benzene rings is 1. The van der Waals surface area contributed by atoms with Gasteiger partial charge in [0.25, 0.3) is 0 Å². The third kappa shape index (κ3) is 3.37. The molecule has 1 N–H and O–H groups in total. The molecule has 4 heteroatoms. The van der Waals surface area contributed by atoms with Crippen LogP contribution in [0.3, 0.4) is 0 Å². The lowest BCUT2D eigenvalue weighted by Gasteiger charge is -2.41. The number of nitrogens with zero attached hydrogens (tertiary/aromatic N) is 2. The number of carbonyl (C=O) groups is 1. The molecule has 3 rings (SSSR count). The Morgan fingerprint density at radius 1 is 1.29 bits per heavy atom. The minimum atomic E-state index is -0.317. The molecule has 1 atom stereocenters. The summed E-state index contributed by atoms with van der Waals surface area (Å²) in [4.78, 5) is 12.9. The predicted octanol–water partition coefficient (Wildman–Crippen LogP) is 3.37. The molecule has 0 saturated heterocycles. The highest BCUT2D eigenvalue weighted by Gasteiger charge is 2.45. The van der Waals surface area contributed by atoms with Crippen LogP contribution in [0.1, 0.15) is 42.9 Å². The first-order valence-electron chi connectivity index (χ1n) is 8.84. The average molecular weight is 325 g/mol. The van der Waals surface area contributed by atoms with E-state index in [0.717, 1.165) is 25.8 Å². The number of nitrogens with one attached hydrogen (secondary N) is 1. The number of aromatic nitrogens is 2. The van der Waals surface area contributed by atoms with E-state index in [1.165, 1.54) is 16.7 Å². The van der Waals surface area contributed by atoms with Crippen LogP contribution >= 0.6 is 0 Å². The molecule has 1 saturated carbocycles. The summed E-state index contributed by atoms with van der Waals surface area (Å²) in [6, 6.07) is 8.45. The number of hydrogen-bond donors (Lipinski definition) is 1. The fourth-order valence-corrected chi connectivity index (χ4v) is 3.66. The minimum Gasteiger partial charge on any atom is -0.355 e. The quantitative estimate of drug-likeness (QED) is 0.885. The number of amides is 1. The highest BCUT2D eigenvalue weighted by Crippen LogP contribution is 2.44. The Morgan fingerprint density at radius 3 is 2.54 bits per heavy atom. The van der Waals surface area contributed by atoms with Crippen LogP contribution in [0.2, 0.25) is 0 Å². The lowest BCUT2D eigenvalue weighted by Crippen LogP contribution is -2.50. The highest BCUT2D eigenvalue weighted by molar-refractivity contribution is 5.89. The summed E-state index contributed by atoms with van der Waals surface area (Å²) in [6.07, 6.45) is 6.78. The number of carbonyl (C=O) groups excluding carboxylic acids is 1. The molecule has 0 bridgehead atoms. The van der Waals surface area contributed by atoms with Crippen molar-refractivity contribution in [3.63, 3.8) is 0 Å². The molecule has 2 aromatic rings. The monoisotopic (exact) mass is 325 g/mol. The van der Waals surface area contributed by atoms with E-state index in [2.05, 4.69) is 49.4 Å². The second-order valence-electron chi connectivity index (χ2n) is 7.36. The molecule has 4 nitrogen and oxygen atoms in total. The van der Waals surface area contributed by atoms with Crippen molar-refractivity contribution in [2.75, 3.05) is 6.54 Å². The van der Waals surface area contributed by atoms with Gasteiger partial charge in [-0.3, -0.25) is 9.48 Å². The minimum absolute atomic E-state index is 0.186. The van der Waals surface area contributed by atoms with Gasteiger partial charge < -0.3 is 5.32 Å². The zero-order valence-corrected chi connectivity index (χ0v) is 14.9. The second kappa shape index (κ2) is 6.80. The average Bonchev–Trinajstić information content (AvgIpc) is 2.96. The Morgan fingerprint density at radius 2 is 2.00 bits per heavy atom. The summed E-state index contributed by atoms with van der Waals surface area (Å²) in [5.74, 6) is 0.538. The maximum Gasteiger partial charge on any atom is 0.230 e. The SMILES string of the molecule is Cc1cc(C)cc(C2(C(=O)NC[C@H](C)Cn3cccn3)CCC2)c1. The van der Waals surface area contributed by atoms with E-state index in [1.807, 2.05) is 16.9 Å². The molecular formula is C20H27N3O. The van der Waals surface area contributed by atoms with Crippen molar-refractivity contribution in [3.8, 4) is 0 Å². The van der Waals surface area contributed by atoms with Gasteiger partial charge in [0, 0.05) is 25.5 Å². The Kier molecular flexibility index (Phi) is 4.74. The zero-order valence-electron chi connectivity index (χ0n) is 14.9. The van der Waals surface area contributed by atoms with E-state index in [1.54, 1.807) is 6.20 Å². The largest absolute Gasteiger partial charge is 0.355 e. The van der Waals surface area contributed by atoms with Gasteiger partial charge in [0.1, 0.15) is 0 Å². The Hall–Kier alpha value is -2.10. The first-order chi connectivity index (χ1) is 11.5. The van der Waals surface area contributed by atoms with Crippen LogP contribution in [0.25, 0.3) is 0 Å². The van der Waals surface area contributed by atoms with Crippen molar-refractivity contribution in [2.45, 2.75) is 52.0 Å². The van der Waals surface area contributed by atoms with Gasteiger partial charge in [-0.2, -0.15) is 5.10 Å². The van der Waals surface area contributed by atoms with Crippen LogP contribution in [0.5, 0.6) is 0 Å².